The smallest absolute Gasteiger partial charge is 0.295 e. The standard InChI is InChI=1S/C51H46N2O4S3/c1-3-37-17-11-14-24-46(37)52(31-33-58-41-19-7-5-8-20-41)39-27-29-43-48(35-39)57-49-36-40(28-30-44(49)51(43)45-23-13-16-26-50(45)60(54,55)56)53(47-25-15-12-18-38(47)4-2)32-34-59-42-21-9-6-10-22-42/h5-30,35-36H,3-4,31-34H2,1-2H3/p+1. The van der Waals surface area contributed by atoms with E-state index in [1.54, 1.807) is 18.2 Å². The molecule has 1 aliphatic carbocycles. The van der Waals surface area contributed by atoms with Crippen LogP contribution in [0.1, 0.15) is 25.0 Å². The molecule has 6 nitrogen and oxygen atoms in total. The Labute approximate surface area is 361 Å². The minimum absolute atomic E-state index is 0.153. The summed E-state index contributed by atoms with van der Waals surface area (Å²) in [6, 6.07) is 56.9. The first-order chi connectivity index (χ1) is 29.3. The van der Waals surface area contributed by atoms with Crippen LogP contribution in [0.2, 0.25) is 0 Å². The molecule has 0 bridgehead atoms. The van der Waals surface area contributed by atoms with Crippen LogP contribution < -0.4 is 14.8 Å². The number of aryl methyl sites for hydroxylation is 2. The van der Waals surface area contributed by atoms with Gasteiger partial charge >= 0.3 is 0 Å². The van der Waals surface area contributed by atoms with Gasteiger partial charge in [-0.15, -0.1) is 23.5 Å². The van der Waals surface area contributed by atoms with E-state index in [2.05, 4.69) is 145 Å². The Kier molecular flexibility index (Phi) is 12.9. The van der Waals surface area contributed by atoms with Gasteiger partial charge in [-0.1, -0.05) is 105 Å². The Hall–Kier alpha value is -5.58. The Morgan fingerprint density at radius 2 is 1.27 bits per heavy atom. The van der Waals surface area contributed by atoms with E-state index < -0.39 is 10.1 Å². The minimum atomic E-state index is -4.57. The molecule has 1 heterocycles. The van der Waals surface area contributed by atoms with Crippen molar-refractivity contribution in [2.45, 2.75) is 41.4 Å². The summed E-state index contributed by atoms with van der Waals surface area (Å²) in [7, 11) is -4.57. The molecule has 1 N–H and O–H groups in total. The number of hydrogen-bond donors (Lipinski definition) is 1. The molecular formula is C51H47N2O4S3+. The highest BCUT2D eigenvalue weighted by Gasteiger charge is 2.26. The summed E-state index contributed by atoms with van der Waals surface area (Å²) in [6.45, 7) is 5.84. The molecule has 0 aromatic heterocycles. The molecule has 60 heavy (non-hydrogen) atoms. The number of fused-ring (bicyclic) bond motifs is 2. The van der Waals surface area contributed by atoms with E-state index in [0.29, 0.717) is 22.5 Å². The first kappa shape index (κ1) is 41.2. The molecule has 0 unspecified atom stereocenters. The van der Waals surface area contributed by atoms with Crippen molar-refractivity contribution in [3.8, 4) is 22.5 Å². The lowest BCUT2D eigenvalue weighted by Gasteiger charge is -2.28. The molecule has 0 saturated heterocycles. The van der Waals surface area contributed by atoms with Gasteiger partial charge in [0.25, 0.3) is 10.1 Å². The number of rotatable bonds is 15. The third-order valence-electron chi connectivity index (χ3n) is 10.7. The van der Waals surface area contributed by atoms with Crippen molar-refractivity contribution in [1.82, 2.24) is 4.58 Å². The van der Waals surface area contributed by atoms with E-state index in [1.807, 2.05) is 47.8 Å². The van der Waals surface area contributed by atoms with Crippen molar-refractivity contribution in [3.63, 3.8) is 0 Å². The molecule has 1 aliphatic heterocycles. The zero-order valence-electron chi connectivity index (χ0n) is 33.7. The molecule has 8 rings (SSSR count). The highest BCUT2D eigenvalue weighted by atomic mass is 32.2. The third-order valence-corrected chi connectivity index (χ3v) is 13.6. The van der Waals surface area contributed by atoms with Crippen LogP contribution in [0.5, 0.6) is 0 Å². The number of nitrogens with zero attached hydrogens (tertiary/aromatic N) is 2. The topological polar surface area (TPSA) is 73.8 Å². The number of thioether (sulfide) groups is 2. The quantitative estimate of drug-likeness (QED) is 0.0477. The van der Waals surface area contributed by atoms with E-state index in [1.165, 1.54) is 27.0 Å². The molecule has 0 amide bonds. The monoisotopic (exact) mass is 847 g/mol. The summed E-state index contributed by atoms with van der Waals surface area (Å²) in [4.78, 5) is 4.63. The summed E-state index contributed by atoms with van der Waals surface area (Å²) in [5, 5.41) is 1.70. The number of hydrogen-bond acceptors (Lipinski definition) is 6. The lowest BCUT2D eigenvalue weighted by molar-refractivity contribution is 0.483. The minimum Gasteiger partial charge on any atom is -0.456 e. The maximum absolute atomic E-state index is 12.9. The molecule has 9 heteroatoms. The van der Waals surface area contributed by atoms with Crippen LogP contribution >= 0.6 is 23.5 Å². The molecule has 0 atom stereocenters. The van der Waals surface area contributed by atoms with Crippen molar-refractivity contribution in [2.75, 3.05) is 29.5 Å². The molecule has 0 spiro atoms. The van der Waals surface area contributed by atoms with E-state index >= 15 is 0 Å². The van der Waals surface area contributed by atoms with Gasteiger partial charge in [0.1, 0.15) is 16.2 Å². The average Bonchev–Trinajstić information content (AvgIpc) is 3.28. The summed E-state index contributed by atoms with van der Waals surface area (Å²) < 4.78 is 45.7. The van der Waals surface area contributed by atoms with Crippen molar-refractivity contribution in [3.05, 3.63) is 186 Å². The predicted molar refractivity (Wildman–Crippen MR) is 251 cm³/mol. The average molecular weight is 848 g/mol. The van der Waals surface area contributed by atoms with Gasteiger partial charge in [-0.25, -0.2) is 0 Å². The zero-order chi connectivity index (χ0) is 41.5. The summed E-state index contributed by atoms with van der Waals surface area (Å²) >= 11 is 3.64. The molecule has 6 aromatic carbocycles. The van der Waals surface area contributed by atoms with Gasteiger partial charge in [0, 0.05) is 79.3 Å². The second-order valence-corrected chi connectivity index (χ2v) is 18.1. The van der Waals surface area contributed by atoms with Crippen LogP contribution in [-0.4, -0.2) is 37.6 Å². The zero-order valence-corrected chi connectivity index (χ0v) is 36.1. The lowest BCUT2D eigenvalue weighted by Crippen LogP contribution is -2.28. The number of anilines is 2. The van der Waals surface area contributed by atoms with Gasteiger partial charge in [-0.3, -0.25) is 4.55 Å². The van der Waals surface area contributed by atoms with Gasteiger partial charge in [0.2, 0.25) is 11.0 Å². The number of para-hydroxylation sites is 2. The molecule has 302 valence electrons. The van der Waals surface area contributed by atoms with Crippen molar-refractivity contribution in [2.24, 2.45) is 0 Å². The molecule has 2 aliphatic rings. The number of benzene rings is 7. The molecule has 6 aromatic rings. The van der Waals surface area contributed by atoms with Crippen LogP contribution in [0.3, 0.4) is 0 Å². The van der Waals surface area contributed by atoms with Crippen LogP contribution in [0.4, 0.5) is 17.1 Å². The Morgan fingerprint density at radius 1 is 0.633 bits per heavy atom. The van der Waals surface area contributed by atoms with Crippen LogP contribution in [0, 0.1) is 0 Å². The van der Waals surface area contributed by atoms with Crippen molar-refractivity contribution in [1.29, 1.82) is 0 Å². The highest BCUT2D eigenvalue weighted by Crippen LogP contribution is 2.44. The van der Waals surface area contributed by atoms with Gasteiger partial charge < -0.3 is 9.32 Å². The SMILES string of the molecule is CCc1ccccc1N(CCSc1ccccc1)c1ccc2c(-c3ccccc3S(=O)(=O)O)c3ccc(=[N+](CCSc4ccccc4)c4ccccc4CC)cc-3oc2c1. The predicted octanol–water partition coefficient (Wildman–Crippen LogP) is 12.4. The second-order valence-electron chi connectivity index (χ2n) is 14.4. The Morgan fingerprint density at radius 3 is 1.98 bits per heavy atom. The van der Waals surface area contributed by atoms with Crippen LogP contribution in [-0.2, 0) is 23.0 Å². The van der Waals surface area contributed by atoms with Gasteiger partial charge in [0.15, 0.2) is 6.54 Å². The van der Waals surface area contributed by atoms with Crippen molar-refractivity contribution < 1.29 is 17.4 Å². The van der Waals surface area contributed by atoms with Crippen molar-refractivity contribution >= 4 is 61.7 Å². The first-order valence-electron chi connectivity index (χ1n) is 20.3. The summed E-state index contributed by atoms with van der Waals surface area (Å²) in [5.41, 5.74) is 8.13. The maximum atomic E-state index is 12.9. The fourth-order valence-corrected chi connectivity index (χ4v) is 10.3. The fourth-order valence-electron chi connectivity index (χ4n) is 7.86. The molecule has 0 saturated carbocycles. The maximum Gasteiger partial charge on any atom is 0.295 e. The molecular weight excluding hydrogens is 801 g/mol. The first-order valence-corrected chi connectivity index (χ1v) is 23.7. The second kappa shape index (κ2) is 18.8. The van der Waals surface area contributed by atoms with E-state index in [-0.39, 0.29) is 4.90 Å². The van der Waals surface area contributed by atoms with Gasteiger partial charge in [0.05, 0.1) is 11.8 Å². The van der Waals surface area contributed by atoms with E-state index in [0.717, 1.165) is 70.8 Å². The Bertz CT molecular complexity index is 2900. The van der Waals surface area contributed by atoms with Crippen LogP contribution in [0.15, 0.2) is 189 Å². The third kappa shape index (κ3) is 9.10. The summed E-state index contributed by atoms with van der Waals surface area (Å²) in [6.07, 6.45) is 1.75. The normalized spacial score (nSPS) is 12.2. The highest BCUT2D eigenvalue weighted by molar-refractivity contribution is 7.99. The fraction of sp³-hybridized carbons (Fsp3) is 0.157. The van der Waals surface area contributed by atoms with E-state index in [4.69, 9.17) is 4.42 Å². The lowest BCUT2D eigenvalue weighted by atomic mass is 9.93. The van der Waals surface area contributed by atoms with Gasteiger partial charge in [-0.05, 0) is 73.0 Å². The largest absolute Gasteiger partial charge is 0.456 e. The molecule has 0 radical (unpaired) electrons. The Balaban J connectivity index is 1.34. The van der Waals surface area contributed by atoms with Crippen LogP contribution in [0.25, 0.3) is 33.4 Å². The van der Waals surface area contributed by atoms with E-state index in [9.17, 15) is 13.0 Å². The molecule has 0 fully saturated rings. The van der Waals surface area contributed by atoms with Gasteiger partial charge in [-0.2, -0.15) is 13.0 Å². The summed E-state index contributed by atoms with van der Waals surface area (Å²) in [5.74, 6) is 2.30.